The predicted molar refractivity (Wildman–Crippen MR) is 401 cm³/mol. The van der Waals surface area contributed by atoms with Gasteiger partial charge >= 0.3 is 0 Å². The Morgan fingerprint density at radius 2 is 1.05 bits per heavy atom. The van der Waals surface area contributed by atoms with Crippen LogP contribution in [-0.4, -0.2) is 153 Å². The van der Waals surface area contributed by atoms with Gasteiger partial charge in [0.05, 0.1) is 57.1 Å². The van der Waals surface area contributed by atoms with Crippen LogP contribution < -0.4 is 57.0 Å². The molecule has 105 heavy (non-hydrogen) atoms. The highest BCUT2D eigenvalue weighted by Gasteiger charge is 2.49. The predicted octanol–water partition coefficient (Wildman–Crippen LogP) is 12.0. The highest BCUT2D eigenvalue weighted by Crippen LogP contribution is 2.46. The number of nitrogens with one attached hydrogen (secondary N) is 5. The molecule has 0 spiro atoms. The van der Waals surface area contributed by atoms with Crippen molar-refractivity contribution in [3.63, 3.8) is 0 Å². The van der Waals surface area contributed by atoms with Gasteiger partial charge in [0.15, 0.2) is 6.29 Å². The minimum Gasteiger partial charge on any atom is -0.496 e. The van der Waals surface area contributed by atoms with Crippen molar-refractivity contribution in [2.24, 2.45) is 37.8 Å². The number of likely N-dealkylation sites (tertiary alicyclic amines) is 1. The Kier molecular flexibility index (Phi) is 28.3. The first-order valence-corrected chi connectivity index (χ1v) is 36.2. The summed E-state index contributed by atoms with van der Waals surface area (Å²) in [4.78, 5) is 87.5. The first-order chi connectivity index (χ1) is 49.4. The van der Waals surface area contributed by atoms with E-state index in [-0.39, 0.29) is 68.1 Å². The Hall–Kier alpha value is -8.11. The summed E-state index contributed by atoms with van der Waals surface area (Å²) in [6.45, 7) is 10.0. The SMILES string of the molecule is C.COc1cc(-c2cn(C)c(=O)c(C)c2C)cc(Cl)c1C=O.COc1cc(-c2cn(C)c(=O)c(C)c2C)cc(Cl)c1CN1CCC(C2CCN(c3ccc(NC4CCC(=O)NC4=O)cc3F)CC2)C(F)(F)C1.O=C1CCC(Nc2ccc(N3CCC(C4CCNCC4(F)F)CC3)c(F)c2)C(=O)N1.[B]C[Si]. The van der Waals surface area contributed by atoms with Crippen LogP contribution in [0, 0.1) is 63.0 Å². The average molecular weight is 1510 g/mol. The number of alkyl halides is 4. The molecule has 8 heterocycles. The molecule has 2 aromatic heterocycles. The molecular formula is C76H92BCl2F6N10O9Si. The first-order valence-electron chi connectivity index (χ1n) is 34.8. The lowest BCUT2D eigenvalue weighted by atomic mass is 9.76. The molecule has 4 amide bonds. The van der Waals surface area contributed by atoms with Crippen LogP contribution in [0.1, 0.15) is 110 Å². The van der Waals surface area contributed by atoms with E-state index in [0.29, 0.717) is 169 Å². The van der Waals surface area contributed by atoms with Gasteiger partial charge in [0, 0.05) is 138 Å². The lowest BCUT2D eigenvalue weighted by Crippen LogP contribution is -2.52. The topological polar surface area (TPSA) is 218 Å². The second-order valence-electron chi connectivity index (χ2n) is 27.4. The van der Waals surface area contributed by atoms with Crippen LogP contribution in [-0.2, 0) is 39.8 Å². The van der Waals surface area contributed by atoms with Crippen LogP contribution in [0.4, 0.5) is 49.1 Å². The number of carbonyl (C=O) groups excluding carboxylic acids is 5. The Morgan fingerprint density at radius 3 is 1.46 bits per heavy atom. The van der Waals surface area contributed by atoms with Gasteiger partial charge in [0.1, 0.15) is 35.2 Å². The fourth-order valence-corrected chi connectivity index (χ4v) is 15.5. The molecule has 0 bridgehead atoms. The Labute approximate surface area is 623 Å². The number of aryl methyl sites for hydroxylation is 2. The monoisotopic (exact) mass is 1510 g/mol. The molecule has 5 N–H and O–H groups in total. The molecule has 12 rings (SSSR count). The maximum Gasteiger partial charge on any atom is 0.263 e. The lowest BCUT2D eigenvalue weighted by Gasteiger charge is -2.45. The van der Waals surface area contributed by atoms with E-state index in [0.717, 1.165) is 33.4 Å². The van der Waals surface area contributed by atoms with Crippen molar-refractivity contribution in [3.05, 3.63) is 149 Å². The number of benzene rings is 4. The number of hydrogen-bond acceptors (Lipinski definition) is 15. The van der Waals surface area contributed by atoms with Crippen LogP contribution in [0.25, 0.3) is 22.3 Å². The minimum absolute atomic E-state index is 0. The number of hydrogen-bond donors (Lipinski definition) is 5. The fraction of sp³-hybridized carbons (Fsp3) is 0.487. The third kappa shape index (κ3) is 19.6. The summed E-state index contributed by atoms with van der Waals surface area (Å²) in [7, 11) is 14.1. The molecule has 4 aromatic carbocycles. The van der Waals surface area contributed by atoms with E-state index in [1.165, 1.54) is 35.5 Å². The number of ether oxygens (including phenoxy) is 2. The number of methoxy groups -OCH3 is 2. The van der Waals surface area contributed by atoms with Gasteiger partial charge in [-0.1, -0.05) is 36.6 Å². The Balaban J connectivity index is 0.000000214. The number of nitrogens with zero attached hydrogens (tertiary/aromatic N) is 5. The molecular weight excluding hydrogens is 1420 g/mol. The number of aromatic nitrogens is 2. The number of piperidine rings is 6. The molecule has 4 unspecified atom stereocenters. The van der Waals surface area contributed by atoms with Crippen molar-refractivity contribution >= 4 is 94.0 Å². The summed E-state index contributed by atoms with van der Waals surface area (Å²) in [6.07, 6.45) is 8.47. The highest BCUT2D eigenvalue weighted by molar-refractivity contribution is 6.33. The van der Waals surface area contributed by atoms with Crippen molar-refractivity contribution in [2.75, 3.05) is 87.0 Å². The summed E-state index contributed by atoms with van der Waals surface area (Å²) >= 11 is 12.9. The summed E-state index contributed by atoms with van der Waals surface area (Å²) in [5.74, 6) is -8.08. The number of amides is 4. The standard InChI is InChI=1S/C37H43ClF3N5O4.C21H27F3N4O2.C16H16ClNO3.CH2BSi.CH4/c1-21-22(2)36(49)44(3)18-26(21)24-15-29(38)27(33(16-24)50-4)19-45-12-11-28(37(40,41)20-45)23-9-13-46(14-10-23)32-7-5-25(17-30(32)39)42-31-6-8-34(47)43-35(31)48;22-16-11-14(26-17-2-4-19(29)27-20(17)30)1-3-18(16)28-9-6-13(7-10-28)15-5-8-25-12-21(15,23)24;1-9-10(2)16(20)18(3)7-12(9)11-5-14(17)13(8-19)15(6-11)21-4;2-1-3;/h5,7,15-18,23,28,31,42H,6,8-14,19-20H2,1-4H3,(H,43,47,48);1,3,11,13,15,17,25-26H,2,4-10,12H2,(H,27,29,30);5-8H,1-4H3;1H2;1H4. The molecule has 0 saturated carbocycles. The molecule has 19 nitrogen and oxygen atoms in total. The number of imide groups is 2. The molecule has 6 fully saturated rings. The van der Waals surface area contributed by atoms with E-state index >= 15 is 13.2 Å². The molecule has 6 aliphatic heterocycles. The Morgan fingerprint density at radius 1 is 0.610 bits per heavy atom. The van der Waals surface area contributed by atoms with Crippen LogP contribution >= 0.6 is 23.2 Å². The smallest absolute Gasteiger partial charge is 0.263 e. The third-order valence-electron chi connectivity index (χ3n) is 20.9. The second-order valence-corrected chi connectivity index (χ2v) is 28.7. The molecule has 6 aliphatic rings. The minimum atomic E-state index is -2.91. The zero-order valence-electron chi connectivity index (χ0n) is 59.6. The summed E-state index contributed by atoms with van der Waals surface area (Å²) in [5, 5.41) is 14.0. The summed E-state index contributed by atoms with van der Waals surface area (Å²) < 4.78 is 104. The van der Waals surface area contributed by atoms with E-state index < -0.39 is 65.8 Å². The molecule has 4 atom stereocenters. The largest absolute Gasteiger partial charge is 0.496 e. The van der Waals surface area contributed by atoms with Crippen LogP contribution in [0.15, 0.2) is 82.6 Å². The van der Waals surface area contributed by atoms with Gasteiger partial charge < -0.3 is 44.4 Å². The van der Waals surface area contributed by atoms with E-state index in [2.05, 4.69) is 36.8 Å². The zero-order chi connectivity index (χ0) is 75.6. The van der Waals surface area contributed by atoms with Crippen molar-refractivity contribution in [1.82, 2.24) is 30.0 Å². The van der Waals surface area contributed by atoms with Gasteiger partial charge in [0.2, 0.25) is 23.6 Å². The zero-order valence-corrected chi connectivity index (χ0v) is 62.1. The van der Waals surface area contributed by atoms with Gasteiger partial charge in [-0.15, -0.1) is 0 Å². The number of anilines is 4. The van der Waals surface area contributed by atoms with E-state index in [4.69, 9.17) is 40.5 Å². The maximum absolute atomic E-state index is 15.8. The van der Waals surface area contributed by atoms with Crippen molar-refractivity contribution in [1.29, 1.82) is 0 Å². The van der Waals surface area contributed by atoms with Gasteiger partial charge in [-0.2, -0.15) is 0 Å². The van der Waals surface area contributed by atoms with Crippen LogP contribution in [0.3, 0.4) is 0 Å². The van der Waals surface area contributed by atoms with Crippen molar-refractivity contribution in [2.45, 2.75) is 136 Å². The fourth-order valence-electron chi connectivity index (χ4n) is 14.9. The summed E-state index contributed by atoms with van der Waals surface area (Å²) in [6, 6.07) is 15.3. The molecule has 6 saturated heterocycles. The average Bonchev–Trinajstić information content (AvgIpc) is 0.756. The number of carbonyl (C=O) groups is 5. The van der Waals surface area contributed by atoms with E-state index in [1.54, 1.807) is 87.7 Å². The molecule has 0 aliphatic carbocycles. The first kappa shape index (κ1) is 82.5. The third-order valence-corrected chi connectivity index (χ3v) is 21.5. The van der Waals surface area contributed by atoms with Crippen molar-refractivity contribution < 1.29 is 59.8 Å². The van der Waals surface area contributed by atoms with Crippen LogP contribution in [0.5, 0.6) is 11.5 Å². The number of halogens is 8. The normalized spacial score (nSPS) is 20.5. The van der Waals surface area contributed by atoms with Gasteiger partial charge in [0.25, 0.3) is 23.0 Å². The Bertz CT molecular complexity index is 4290. The second kappa shape index (κ2) is 36.0. The number of aldehydes is 1. The highest BCUT2D eigenvalue weighted by atomic mass is 35.5. The molecule has 29 heteroatoms. The lowest BCUT2D eigenvalue weighted by molar-refractivity contribution is -0.135. The number of pyridine rings is 2. The molecule has 563 valence electrons. The number of rotatable bonds is 15. The van der Waals surface area contributed by atoms with Gasteiger partial charge in [-0.25, -0.2) is 26.3 Å². The quantitative estimate of drug-likeness (QED) is 0.0280. The molecule has 5 radical (unpaired) electrons. The van der Waals surface area contributed by atoms with Crippen molar-refractivity contribution in [3.8, 4) is 33.8 Å². The van der Waals surface area contributed by atoms with E-state index in [1.807, 2.05) is 29.7 Å². The maximum atomic E-state index is 15.8. The summed E-state index contributed by atoms with van der Waals surface area (Å²) in [5.41, 5.74) is 8.97. The van der Waals surface area contributed by atoms with Gasteiger partial charge in [-0.3, -0.25) is 49.1 Å². The van der Waals surface area contributed by atoms with Crippen LogP contribution in [0.2, 0.25) is 16.0 Å². The molecule has 6 aromatic rings. The van der Waals surface area contributed by atoms with E-state index in [9.17, 15) is 46.7 Å². The van der Waals surface area contributed by atoms with Gasteiger partial charge in [-0.05, 0) is 187 Å².